The molecule has 2 heteroatoms. The van der Waals surface area contributed by atoms with Crippen LogP contribution in [0.25, 0.3) is 5.57 Å². The van der Waals surface area contributed by atoms with E-state index < -0.39 is 0 Å². The number of hydrogen-bond acceptors (Lipinski definition) is 0. The lowest BCUT2D eigenvalue weighted by Gasteiger charge is -2.10. The second-order valence-electron chi connectivity index (χ2n) is 3.73. The van der Waals surface area contributed by atoms with Crippen molar-refractivity contribution in [2.75, 3.05) is 0 Å². The lowest BCUT2D eigenvalue weighted by Crippen LogP contribution is -2.58. The Morgan fingerprint density at radius 2 is 1.40 bits per heavy atom. The number of rotatable bonds is 0. The smallest absolute Gasteiger partial charge is 0.139 e. The SMILES string of the molecule is C=C1c2cccc[n+]2C[n+]2ccccc21. The van der Waals surface area contributed by atoms with Gasteiger partial charge in [0, 0.05) is 24.3 Å². The Morgan fingerprint density at radius 1 is 0.867 bits per heavy atom. The van der Waals surface area contributed by atoms with E-state index in [0.29, 0.717) is 0 Å². The average molecular weight is 196 g/mol. The minimum atomic E-state index is 0.866. The first kappa shape index (κ1) is 8.36. The Hall–Kier alpha value is -1.96. The minimum Gasteiger partial charge on any atom is -0.139 e. The largest absolute Gasteiger partial charge is 0.344 e. The number of nitrogens with zero attached hydrogens (tertiary/aromatic N) is 2. The molecule has 0 fully saturated rings. The summed E-state index contributed by atoms with van der Waals surface area (Å²) in [6.07, 6.45) is 4.17. The first-order valence-electron chi connectivity index (χ1n) is 5.03. The van der Waals surface area contributed by atoms with Gasteiger partial charge in [0.15, 0.2) is 12.4 Å². The van der Waals surface area contributed by atoms with Gasteiger partial charge in [-0.2, -0.15) is 0 Å². The summed E-state index contributed by atoms with van der Waals surface area (Å²) in [5.74, 6) is 0. The maximum Gasteiger partial charge on any atom is 0.344 e. The standard InChI is InChI=1S/C13H12N2/c1-11-12-6-2-4-8-14(12)10-15-9-5-3-7-13(11)15/h2-9H,1,10H2/q+2. The lowest BCUT2D eigenvalue weighted by atomic mass is 10.1. The summed E-state index contributed by atoms with van der Waals surface area (Å²) in [6, 6.07) is 12.4. The molecule has 0 N–H and O–H groups in total. The Kier molecular flexibility index (Phi) is 1.68. The van der Waals surface area contributed by atoms with Crippen LogP contribution in [0.5, 0.6) is 0 Å². The monoisotopic (exact) mass is 196 g/mol. The zero-order valence-corrected chi connectivity index (χ0v) is 8.43. The molecule has 3 heterocycles. The molecule has 2 aromatic rings. The number of fused-ring (bicyclic) bond motifs is 2. The molecule has 0 unspecified atom stereocenters. The highest BCUT2D eigenvalue weighted by atomic mass is 15.2. The van der Waals surface area contributed by atoms with Gasteiger partial charge in [-0.25, -0.2) is 0 Å². The maximum absolute atomic E-state index is 4.16. The van der Waals surface area contributed by atoms with E-state index in [2.05, 4.69) is 52.4 Å². The molecule has 15 heavy (non-hydrogen) atoms. The number of aromatic nitrogens is 2. The van der Waals surface area contributed by atoms with E-state index in [1.807, 2.05) is 12.1 Å². The molecule has 0 aliphatic carbocycles. The van der Waals surface area contributed by atoms with Gasteiger partial charge < -0.3 is 0 Å². The van der Waals surface area contributed by atoms with Gasteiger partial charge in [-0.3, -0.25) is 0 Å². The molecule has 0 atom stereocenters. The van der Waals surface area contributed by atoms with Crippen molar-refractivity contribution in [2.24, 2.45) is 0 Å². The van der Waals surface area contributed by atoms with Gasteiger partial charge in [-0.05, 0) is 12.1 Å². The first-order valence-corrected chi connectivity index (χ1v) is 5.03. The zero-order chi connectivity index (χ0) is 10.3. The van der Waals surface area contributed by atoms with Crippen molar-refractivity contribution in [1.82, 2.24) is 0 Å². The fraction of sp³-hybridized carbons (Fsp3) is 0.0769. The topological polar surface area (TPSA) is 7.76 Å². The normalized spacial score (nSPS) is 13.2. The van der Waals surface area contributed by atoms with Gasteiger partial charge in [0.25, 0.3) is 0 Å². The van der Waals surface area contributed by atoms with Gasteiger partial charge in [-0.15, -0.1) is 9.13 Å². The zero-order valence-electron chi connectivity index (χ0n) is 8.43. The van der Waals surface area contributed by atoms with Crippen LogP contribution in [0.2, 0.25) is 0 Å². The van der Waals surface area contributed by atoms with E-state index in [9.17, 15) is 0 Å². The van der Waals surface area contributed by atoms with E-state index in [4.69, 9.17) is 0 Å². The van der Waals surface area contributed by atoms with Gasteiger partial charge in [0.05, 0.1) is 0 Å². The third kappa shape index (κ3) is 1.18. The Morgan fingerprint density at radius 3 is 1.93 bits per heavy atom. The van der Waals surface area contributed by atoms with Crippen LogP contribution in [0.4, 0.5) is 0 Å². The Bertz CT molecular complexity index is 496. The fourth-order valence-electron chi connectivity index (χ4n) is 2.04. The van der Waals surface area contributed by atoms with Crippen LogP contribution in [0.3, 0.4) is 0 Å². The van der Waals surface area contributed by atoms with E-state index in [0.717, 1.165) is 12.2 Å². The van der Waals surface area contributed by atoms with Gasteiger partial charge >= 0.3 is 6.67 Å². The van der Waals surface area contributed by atoms with Crippen LogP contribution in [0.15, 0.2) is 55.4 Å². The van der Waals surface area contributed by atoms with E-state index in [-0.39, 0.29) is 0 Å². The summed E-state index contributed by atoms with van der Waals surface area (Å²) in [5.41, 5.74) is 3.48. The molecule has 0 aromatic carbocycles. The predicted molar refractivity (Wildman–Crippen MR) is 56.8 cm³/mol. The van der Waals surface area contributed by atoms with Crippen molar-refractivity contribution >= 4 is 5.57 Å². The van der Waals surface area contributed by atoms with Crippen molar-refractivity contribution in [3.63, 3.8) is 0 Å². The summed E-state index contributed by atoms with van der Waals surface area (Å²) in [5, 5.41) is 0. The van der Waals surface area contributed by atoms with Gasteiger partial charge in [0.1, 0.15) is 5.57 Å². The van der Waals surface area contributed by atoms with Crippen LogP contribution in [-0.4, -0.2) is 0 Å². The van der Waals surface area contributed by atoms with Crippen LogP contribution in [0.1, 0.15) is 11.4 Å². The van der Waals surface area contributed by atoms with Crippen molar-refractivity contribution in [1.29, 1.82) is 0 Å². The third-order valence-electron chi connectivity index (χ3n) is 2.80. The number of pyridine rings is 2. The summed E-state index contributed by atoms with van der Waals surface area (Å²) < 4.78 is 4.41. The predicted octanol–water partition coefficient (Wildman–Crippen LogP) is 1.14. The van der Waals surface area contributed by atoms with E-state index >= 15 is 0 Å². The van der Waals surface area contributed by atoms with Crippen LogP contribution >= 0.6 is 0 Å². The highest BCUT2D eigenvalue weighted by molar-refractivity contribution is 5.70. The van der Waals surface area contributed by atoms with Crippen molar-refractivity contribution in [3.05, 3.63) is 66.8 Å². The summed E-state index contributed by atoms with van der Waals surface area (Å²) >= 11 is 0. The summed E-state index contributed by atoms with van der Waals surface area (Å²) in [6.45, 7) is 5.02. The quantitative estimate of drug-likeness (QED) is 0.476. The second-order valence-corrected chi connectivity index (χ2v) is 3.73. The molecule has 0 spiro atoms. The van der Waals surface area contributed by atoms with Crippen molar-refractivity contribution < 1.29 is 9.13 Å². The Balaban J connectivity index is 2.24. The molecular formula is C13H12N2+2. The van der Waals surface area contributed by atoms with Crippen molar-refractivity contribution in [3.8, 4) is 0 Å². The molecule has 72 valence electrons. The van der Waals surface area contributed by atoms with Crippen LogP contribution in [0, 0.1) is 0 Å². The molecule has 3 rings (SSSR count). The maximum atomic E-state index is 4.16. The van der Waals surface area contributed by atoms with Crippen LogP contribution in [-0.2, 0) is 6.67 Å². The molecule has 1 aliphatic heterocycles. The Labute approximate surface area is 88.7 Å². The van der Waals surface area contributed by atoms with Gasteiger partial charge in [-0.1, -0.05) is 6.58 Å². The minimum absolute atomic E-state index is 0.866. The molecular weight excluding hydrogens is 184 g/mol. The molecule has 0 radical (unpaired) electrons. The molecule has 0 saturated carbocycles. The van der Waals surface area contributed by atoms with E-state index in [1.165, 1.54) is 11.4 Å². The molecule has 0 saturated heterocycles. The van der Waals surface area contributed by atoms with Crippen LogP contribution < -0.4 is 9.13 Å². The first-order chi connectivity index (χ1) is 7.36. The molecule has 2 aromatic heterocycles. The summed E-state index contributed by atoms with van der Waals surface area (Å²) in [4.78, 5) is 0. The summed E-state index contributed by atoms with van der Waals surface area (Å²) in [7, 11) is 0. The van der Waals surface area contributed by atoms with E-state index in [1.54, 1.807) is 0 Å². The molecule has 0 amide bonds. The van der Waals surface area contributed by atoms with Crippen molar-refractivity contribution in [2.45, 2.75) is 6.67 Å². The average Bonchev–Trinajstić information content (AvgIpc) is 2.30. The highest BCUT2D eigenvalue weighted by Gasteiger charge is 2.29. The molecule has 1 aliphatic rings. The highest BCUT2D eigenvalue weighted by Crippen LogP contribution is 2.16. The third-order valence-corrected chi connectivity index (χ3v) is 2.80. The molecule has 2 nitrogen and oxygen atoms in total. The fourth-order valence-corrected chi connectivity index (χ4v) is 2.04. The lowest BCUT2D eigenvalue weighted by molar-refractivity contribution is -0.920. The van der Waals surface area contributed by atoms with Gasteiger partial charge in [0.2, 0.25) is 11.4 Å². The number of hydrogen-bond donors (Lipinski definition) is 0. The second kappa shape index (κ2) is 3.02. The molecule has 0 bridgehead atoms.